The summed E-state index contributed by atoms with van der Waals surface area (Å²) in [6, 6.07) is 20.4. The molecule has 162 valence electrons. The monoisotopic (exact) mass is 438 g/mol. The molecule has 6 nitrogen and oxygen atoms in total. The third kappa shape index (κ3) is 6.08. The minimum Gasteiger partial charge on any atom is -0.491 e. The molecule has 0 aliphatic heterocycles. The minimum atomic E-state index is -3.69. The van der Waals surface area contributed by atoms with Crippen LogP contribution in [0.2, 0.25) is 0 Å². The molecule has 0 aromatic heterocycles. The molecule has 31 heavy (non-hydrogen) atoms. The van der Waals surface area contributed by atoms with Crippen LogP contribution < -0.4 is 14.8 Å². The summed E-state index contributed by atoms with van der Waals surface area (Å²) in [5.74, 6) is 0.530. The van der Waals surface area contributed by atoms with Crippen molar-refractivity contribution in [3.63, 3.8) is 0 Å². The van der Waals surface area contributed by atoms with Crippen LogP contribution in [0.5, 0.6) is 5.75 Å². The van der Waals surface area contributed by atoms with Crippen LogP contribution in [0.3, 0.4) is 0 Å². The number of para-hydroxylation sites is 1. The Bertz CT molecular complexity index is 1140. The third-order valence-corrected chi connectivity index (χ3v) is 6.09. The smallest absolute Gasteiger partial charge is 0.261 e. The van der Waals surface area contributed by atoms with Gasteiger partial charge >= 0.3 is 0 Å². The van der Waals surface area contributed by atoms with Crippen LogP contribution in [0, 0.1) is 13.8 Å². The van der Waals surface area contributed by atoms with Gasteiger partial charge in [0.05, 0.1) is 10.9 Å². The summed E-state index contributed by atoms with van der Waals surface area (Å²) < 4.78 is 33.3. The molecule has 0 saturated carbocycles. The molecule has 0 aliphatic carbocycles. The summed E-state index contributed by atoms with van der Waals surface area (Å²) in [7, 11) is -3.69. The maximum atomic E-state index is 12.5. The molecule has 0 bridgehead atoms. The number of sulfonamides is 1. The highest BCUT2D eigenvalue weighted by Gasteiger charge is 2.15. The molecule has 0 unspecified atom stereocenters. The summed E-state index contributed by atoms with van der Waals surface area (Å²) in [5, 5.41) is 2.88. The van der Waals surface area contributed by atoms with Gasteiger partial charge in [-0.2, -0.15) is 0 Å². The highest BCUT2D eigenvalue weighted by Crippen LogP contribution is 2.18. The van der Waals surface area contributed by atoms with E-state index in [0.717, 1.165) is 16.9 Å². The van der Waals surface area contributed by atoms with E-state index in [4.69, 9.17) is 4.74 Å². The Morgan fingerprint density at radius 3 is 2.23 bits per heavy atom. The summed E-state index contributed by atoms with van der Waals surface area (Å²) in [6.07, 6.45) is 0. The largest absolute Gasteiger partial charge is 0.491 e. The molecule has 3 aromatic carbocycles. The van der Waals surface area contributed by atoms with Gasteiger partial charge in [0, 0.05) is 11.3 Å². The van der Waals surface area contributed by atoms with Gasteiger partial charge in [-0.25, -0.2) is 8.42 Å². The molecule has 1 amide bonds. The van der Waals surface area contributed by atoms with E-state index in [1.165, 1.54) is 0 Å². The van der Waals surface area contributed by atoms with Gasteiger partial charge in [-0.3, -0.25) is 9.52 Å². The maximum Gasteiger partial charge on any atom is 0.261 e. The first kappa shape index (κ1) is 22.4. The number of ether oxygens (including phenoxy) is 1. The van der Waals surface area contributed by atoms with Gasteiger partial charge in [-0.1, -0.05) is 35.9 Å². The molecule has 0 radical (unpaired) electrons. The van der Waals surface area contributed by atoms with E-state index in [-0.39, 0.29) is 16.8 Å². The van der Waals surface area contributed by atoms with E-state index in [0.29, 0.717) is 17.9 Å². The number of carbonyl (C=O) groups excluding carboxylic acids is 1. The quantitative estimate of drug-likeness (QED) is 0.549. The lowest BCUT2D eigenvalue weighted by molar-refractivity contribution is 0.0926. The molecule has 0 heterocycles. The third-order valence-electron chi connectivity index (χ3n) is 4.69. The van der Waals surface area contributed by atoms with Crippen molar-refractivity contribution < 1.29 is 17.9 Å². The first-order chi connectivity index (χ1) is 14.7. The zero-order valence-electron chi connectivity index (χ0n) is 17.8. The number of anilines is 1. The SMILES string of the molecule is Cc1ccc(S(=O)(=O)Nc2ccc(C(=O)N[C@H](C)COc3ccccc3C)cc2)cc1. The van der Waals surface area contributed by atoms with Crippen molar-refractivity contribution in [1.82, 2.24) is 5.32 Å². The second-order valence-corrected chi connectivity index (χ2v) is 9.13. The van der Waals surface area contributed by atoms with Gasteiger partial charge in [0.1, 0.15) is 12.4 Å². The first-order valence-electron chi connectivity index (χ1n) is 9.93. The van der Waals surface area contributed by atoms with Crippen molar-refractivity contribution in [3.8, 4) is 5.75 Å². The van der Waals surface area contributed by atoms with Crippen LogP contribution in [0.4, 0.5) is 5.69 Å². The van der Waals surface area contributed by atoms with Gasteiger partial charge in [0.25, 0.3) is 15.9 Å². The highest BCUT2D eigenvalue weighted by atomic mass is 32.2. The van der Waals surface area contributed by atoms with Crippen molar-refractivity contribution in [2.24, 2.45) is 0 Å². The number of aryl methyl sites for hydroxylation is 2. The molecule has 7 heteroatoms. The van der Waals surface area contributed by atoms with Crippen molar-refractivity contribution in [2.45, 2.75) is 31.7 Å². The fraction of sp³-hybridized carbons (Fsp3) is 0.208. The number of carbonyl (C=O) groups is 1. The predicted molar refractivity (Wildman–Crippen MR) is 122 cm³/mol. The molecule has 1 atom stereocenters. The summed E-state index contributed by atoms with van der Waals surface area (Å²) in [6.45, 7) is 6.06. The maximum absolute atomic E-state index is 12.5. The lowest BCUT2D eigenvalue weighted by atomic mass is 10.2. The lowest BCUT2D eigenvalue weighted by Crippen LogP contribution is -2.36. The Hall–Kier alpha value is -3.32. The normalized spacial score (nSPS) is 12.1. The fourth-order valence-corrected chi connectivity index (χ4v) is 3.96. The van der Waals surface area contributed by atoms with Gasteiger partial charge in [-0.15, -0.1) is 0 Å². The Labute approximate surface area is 183 Å². The number of hydrogen-bond acceptors (Lipinski definition) is 4. The zero-order chi connectivity index (χ0) is 22.4. The second-order valence-electron chi connectivity index (χ2n) is 7.45. The van der Waals surface area contributed by atoms with E-state index < -0.39 is 10.0 Å². The molecule has 2 N–H and O–H groups in total. The van der Waals surface area contributed by atoms with Gasteiger partial charge in [-0.05, 0) is 68.8 Å². The van der Waals surface area contributed by atoms with Crippen molar-refractivity contribution in [2.75, 3.05) is 11.3 Å². The first-order valence-corrected chi connectivity index (χ1v) is 11.4. The average molecular weight is 439 g/mol. The topological polar surface area (TPSA) is 84.5 Å². The molecular weight excluding hydrogens is 412 g/mol. The molecular formula is C24H26N2O4S. The summed E-state index contributed by atoms with van der Waals surface area (Å²) in [5.41, 5.74) is 2.83. The molecule has 0 aliphatic rings. The predicted octanol–water partition coefficient (Wildman–Crippen LogP) is 4.30. The van der Waals surface area contributed by atoms with Crippen LogP contribution >= 0.6 is 0 Å². The highest BCUT2D eigenvalue weighted by molar-refractivity contribution is 7.92. The van der Waals surface area contributed by atoms with E-state index >= 15 is 0 Å². The van der Waals surface area contributed by atoms with E-state index in [1.807, 2.05) is 45.0 Å². The molecule has 0 saturated heterocycles. The van der Waals surface area contributed by atoms with Gasteiger partial charge < -0.3 is 10.1 Å². The van der Waals surface area contributed by atoms with Crippen LogP contribution in [0.25, 0.3) is 0 Å². The van der Waals surface area contributed by atoms with E-state index in [9.17, 15) is 13.2 Å². The van der Waals surface area contributed by atoms with Crippen molar-refractivity contribution in [3.05, 3.63) is 89.5 Å². The summed E-state index contributed by atoms with van der Waals surface area (Å²) >= 11 is 0. The van der Waals surface area contributed by atoms with Crippen molar-refractivity contribution in [1.29, 1.82) is 0 Å². The average Bonchev–Trinajstić information content (AvgIpc) is 2.73. The molecule has 3 rings (SSSR count). The molecule has 3 aromatic rings. The number of amides is 1. The number of benzene rings is 3. The number of rotatable bonds is 8. The number of hydrogen-bond donors (Lipinski definition) is 2. The van der Waals surface area contributed by atoms with Crippen LogP contribution in [0.1, 0.15) is 28.4 Å². The Morgan fingerprint density at radius 1 is 0.935 bits per heavy atom. The lowest BCUT2D eigenvalue weighted by Gasteiger charge is -2.16. The molecule has 0 fully saturated rings. The Kier molecular flexibility index (Phi) is 6.97. The van der Waals surface area contributed by atoms with E-state index in [1.54, 1.807) is 48.5 Å². The Balaban J connectivity index is 1.57. The van der Waals surface area contributed by atoms with Crippen LogP contribution in [0.15, 0.2) is 77.7 Å². The van der Waals surface area contributed by atoms with Crippen molar-refractivity contribution >= 4 is 21.6 Å². The molecule has 0 spiro atoms. The fourth-order valence-electron chi connectivity index (χ4n) is 2.90. The Morgan fingerprint density at radius 2 is 1.58 bits per heavy atom. The van der Waals surface area contributed by atoms with Gasteiger partial charge in [0.2, 0.25) is 0 Å². The summed E-state index contributed by atoms with van der Waals surface area (Å²) in [4.78, 5) is 12.7. The number of nitrogens with one attached hydrogen (secondary N) is 2. The standard InChI is InChI=1S/C24H26N2O4S/c1-17-8-14-22(15-9-17)31(28,29)26-21-12-10-20(11-13-21)24(27)25-19(3)16-30-23-7-5-4-6-18(23)2/h4-15,19,26H,16H2,1-3H3,(H,25,27)/t19-/m1/s1. The van der Waals surface area contributed by atoms with E-state index in [2.05, 4.69) is 10.0 Å². The van der Waals surface area contributed by atoms with Gasteiger partial charge in [0.15, 0.2) is 0 Å². The van der Waals surface area contributed by atoms with Crippen LogP contribution in [-0.2, 0) is 10.0 Å². The second kappa shape index (κ2) is 9.66. The van der Waals surface area contributed by atoms with Crippen LogP contribution in [-0.4, -0.2) is 27.0 Å². The zero-order valence-corrected chi connectivity index (χ0v) is 18.6. The minimum absolute atomic E-state index is 0.183.